The molecule has 102 valence electrons. The van der Waals surface area contributed by atoms with Crippen LogP contribution >= 0.6 is 23.2 Å². The first kappa shape index (κ1) is 14.6. The Morgan fingerprint density at radius 2 is 1.65 bits per heavy atom. The van der Waals surface area contributed by atoms with Crippen molar-refractivity contribution in [2.75, 3.05) is 5.32 Å². The molecular weight excluding hydrogens is 297 g/mol. The highest BCUT2D eigenvalue weighted by Crippen LogP contribution is 2.19. The first-order chi connectivity index (χ1) is 9.58. The van der Waals surface area contributed by atoms with Crippen LogP contribution in [0.25, 0.3) is 0 Å². The van der Waals surface area contributed by atoms with Gasteiger partial charge in [-0.15, -0.1) is 0 Å². The van der Waals surface area contributed by atoms with Gasteiger partial charge in [-0.3, -0.25) is 9.59 Å². The normalized spacial score (nSPS) is 10.1. The number of nitrogens with one attached hydrogen (secondary N) is 1. The summed E-state index contributed by atoms with van der Waals surface area (Å²) in [6, 6.07) is 13.7. The van der Waals surface area contributed by atoms with E-state index in [-0.39, 0.29) is 17.9 Å². The largest absolute Gasteiger partial charge is 0.325 e. The lowest BCUT2D eigenvalue weighted by atomic mass is 10.1. The van der Waals surface area contributed by atoms with Gasteiger partial charge in [0, 0.05) is 5.02 Å². The number of carbonyl (C=O) groups is 2. The number of para-hydroxylation sites is 1. The molecule has 20 heavy (non-hydrogen) atoms. The van der Waals surface area contributed by atoms with E-state index in [0.29, 0.717) is 10.7 Å². The third kappa shape index (κ3) is 3.59. The number of rotatable bonds is 4. The van der Waals surface area contributed by atoms with Gasteiger partial charge < -0.3 is 5.32 Å². The molecule has 0 aromatic heterocycles. The van der Waals surface area contributed by atoms with Crippen LogP contribution in [0.2, 0.25) is 5.02 Å². The average Bonchev–Trinajstić information content (AvgIpc) is 2.41. The first-order valence-electron chi connectivity index (χ1n) is 5.90. The van der Waals surface area contributed by atoms with Crippen molar-refractivity contribution in [3.8, 4) is 0 Å². The summed E-state index contributed by atoms with van der Waals surface area (Å²) < 4.78 is 0. The highest BCUT2D eigenvalue weighted by atomic mass is 35.5. The fourth-order valence-corrected chi connectivity index (χ4v) is 2.14. The summed E-state index contributed by atoms with van der Waals surface area (Å²) in [5, 5.41) is 2.58. The number of hydrogen-bond donors (Lipinski definition) is 1. The minimum atomic E-state index is -0.612. The molecule has 2 rings (SSSR count). The van der Waals surface area contributed by atoms with Gasteiger partial charge in [0.25, 0.3) is 5.24 Å². The molecule has 0 spiro atoms. The second kappa shape index (κ2) is 6.55. The lowest BCUT2D eigenvalue weighted by Gasteiger charge is -2.09. The van der Waals surface area contributed by atoms with E-state index < -0.39 is 5.24 Å². The quantitative estimate of drug-likeness (QED) is 0.871. The maximum absolute atomic E-state index is 12.0. The molecule has 0 heterocycles. The van der Waals surface area contributed by atoms with Gasteiger partial charge in [-0.2, -0.15) is 0 Å². The maximum atomic E-state index is 12.0. The van der Waals surface area contributed by atoms with Gasteiger partial charge in [-0.05, 0) is 35.4 Å². The van der Waals surface area contributed by atoms with E-state index in [9.17, 15) is 9.59 Å². The van der Waals surface area contributed by atoms with E-state index in [1.165, 1.54) is 0 Å². The van der Waals surface area contributed by atoms with Crippen molar-refractivity contribution < 1.29 is 9.59 Å². The van der Waals surface area contributed by atoms with Crippen molar-refractivity contribution in [1.29, 1.82) is 0 Å². The van der Waals surface area contributed by atoms with E-state index in [2.05, 4.69) is 5.32 Å². The third-order valence-electron chi connectivity index (χ3n) is 2.72. The summed E-state index contributed by atoms with van der Waals surface area (Å²) in [6.07, 6.45) is 0.129. The molecule has 0 radical (unpaired) electrons. The summed E-state index contributed by atoms with van der Waals surface area (Å²) in [5.74, 6) is -0.261. The molecule has 0 unspecified atom stereocenters. The van der Waals surface area contributed by atoms with Gasteiger partial charge in [0.2, 0.25) is 5.91 Å². The molecule has 0 bridgehead atoms. The Hall–Kier alpha value is -1.84. The summed E-state index contributed by atoms with van der Waals surface area (Å²) in [7, 11) is 0. The second-order valence-electron chi connectivity index (χ2n) is 4.14. The predicted molar refractivity (Wildman–Crippen MR) is 80.4 cm³/mol. The average molecular weight is 308 g/mol. The van der Waals surface area contributed by atoms with Crippen molar-refractivity contribution in [2.45, 2.75) is 6.42 Å². The maximum Gasteiger partial charge on any atom is 0.254 e. The predicted octanol–water partition coefficient (Wildman–Crippen LogP) is 3.90. The number of benzene rings is 2. The monoisotopic (exact) mass is 307 g/mol. The van der Waals surface area contributed by atoms with Crippen LogP contribution in [0.3, 0.4) is 0 Å². The number of halogens is 2. The Morgan fingerprint density at radius 3 is 2.35 bits per heavy atom. The van der Waals surface area contributed by atoms with Gasteiger partial charge in [0.1, 0.15) is 0 Å². The third-order valence-corrected chi connectivity index (χ3v) is 3.29. The minimum absolute atomic E-state index is 0.129. The van der Waals surface area contributed by atoms with Crippen molar-refractivity contribution in [2.24, 2.45) is 0 Å². The molecule has 0 fully saturated rings. The summed E-state index contributed by atoms with van der Waals surface area (Å²) in [6.45, 7) is 0. The van der Waals surface area contributed by atoms with Crippen molar-refractivity contribution in [1.82, 2.24) is 0 Å². The molecule has 0 aliphatic rings. The van der Waals surface area contributed by atoms with Crippen molar-refractivity contribution in [3.05, 3.63) is 64.7 Å². The zero-order chi connectivity index (χ0) is 14.5. The number of hydrogen-bond acceptors (Lipinski definition) is 2. The highest BCUT2D eigenvalue weighted by Gasteiger charge is 2.12. The molecule has 0 atom stereocenters. The molecular formula is C15H11Cl2NO2. The number of amides is 1. The summed E-state index contributed by atoms with van der Waals surface area (Å²) in [4.78, 5) is 23.2. The Morgan fingerprint density at radius 1 is 1.00 bits per heavy atom. The van der Waals surface area contributed by atoms with E-state index in [4.69, 9.17) is 23.2 Å². The highest BCUT2D eigenvalue weighted by molar-refractivity contribution is 6.68. The molecule has 0 saturated carbocycles. The molecule has 0 aliphatic heterocycles. The van der Waals surface area contributed by atoms with E-state index in [1.54, 1.807) is 42.5 Å². The van der Waals surface area contributed by atoms with Crippen LogP contribution in [0, 0.1) is 0 Å². The molecule has 0 aliphatic carbocycles. The van der Waals surface area contributed by atoms with Gasteiger partial charge in [-0.25, -0.2) is 0 Å². The van der Waals surface area contributed by atoms with Crippen LogP contribution in [-0.2, 0) is 11.2 Å². The zero-order valence-electron chi connectivity index (χ0n) is 10.4. The number of carbonyl (C=O) groups excluding carboxylic acids is 2. The van der Waals surface area contributed by atoms with Gasteiger partial charge in [0.15, 0.2) is 0 Å². The van der Waals surface area contributed by atoms with Crippen LogP contribution in [0.1, 0.15) is 15.9 Å². The van der Waals surface area contributed by atoms with Crippen molar-refractivity contribution in [3.63, 3.8) is 0 Å². The molecule has 2 aromatic rings. The van der Waals surface area contributed by atoms with Crippen LogP contribution < -0.4 is 5.32 Å². The Labute approximate surface area is 126 Å². The summed E-state index contributed by atoms with van der Waals surface area (Å²) in [5.41, 5.74) is 1.38. The van der Waals surface area contributed by atoms with Crippen LogP contribution in [0.4, 0.5) is 5.69 Å². The zero-order valence-corrected chi connectivity index (χ0v) is 11.9. The molecule has 5 heteroatoms. The van der Waals surface area contributed by atoms with Crippen LogP contribution in [-0.4, -0.2) is 11.1 Å². The summed E-state index contributed by atoms with van der Waals surface area (Å²) >= 11 is 11.5. The van der Waals surface area contributed by atoms with Gasteiger partial charge >= 0.3 is 0 Å². The minimum Gasteiger partial charge on any atom is -0.325 e. The Bertz CT molecular complexity index is 656. The molecule has 1 amide bonds. The smallest absolute Gasteiger partial charge is 0.254 e. The Balaban J connectivity index is 2.13. The van der Waals surface area contributed by atoms with E-state index >= 15 is 0 Å². The molecule has 0 saturated heterocycles. The fourth-order valence-electron chi connectivity index (χ4n) is 1.77. The van der Waals surface area contributed by atoms with Gasteiger partial charge in [0.05, 0.1) is 17.7 Å². The van der Waals surface area contributed by atoms with E-state index in [0.717, 1.165) is 5.56 Å². The fraction of sp³-hybridized carbons (Fsp3) is 0.0667. The van der Waals surface area contributed by atoms with E-state index in [1.807, 2.05) is 6.07 Å². The number of anilines is 1. The SMILES string of the molecule is O=C(Cc1ccccc1Cl)Nc1ccccc1C(=O)Cl. The lowest BCUT2D eigenvalue weighted by molar-refractivity contribution is -0.115. The first-order valence-corrected chi connectivity index (χ1v) is 6.65. The Kier molecular flexibility index (Phi) is 4.77. The molecule has 1 N–H and O–H groups in total. The van der Waals surface area contributed by atoms with Crippen LogP contribution in [0.15, 0.2) is 48.5 Å². The standard InChI is InChI=1S/C15H11Cl2NO2/c16-12-7-3-1-5-10(12)9-14(19)18-13-8-4-2-6-11(13)15(17)20/h1-8H,9H2,(H,18,19). The second-order valence-corrected chi connectivity index (χ2v) is 4.89. The topological polar surface area (TPSA) is 46.2 Å². The van der Waals surface area contributed by atoms with Crippen LogP contribution in [0.5, 0.6) is 0 Å². The van der Waals surface area contributed by atoms with Gasteiger partial charge in [-0.1, -0.05) is 41.9 Å². The van der Waals surface area contributed by atoms with Crippen molar-refractivity contribution >= 4 is 40.0 Å². The molecule has 3 nitrogen and oxygen atoms in total. The lowest BCUT2D eigenvalue weighted by Crippen LogP contribution is -2.16. The molecule has 2 aromatic carbocycles.